The first-order valence-electron chi connectivity index (χ1n) is 13.3. The minimum Gasteiger partial charge on any atom is -0.385 e. The van der Waals surface area contributed by atoms with Crippen molar-refractivity contribution in [1.82, 2.24) is 0 Å². The molecule has 208 valence electrons. The van der Waals surface area contributed by atoms with Gasteiger partial charge in [-0.15, -0.1) is 11.3 Å². The van der Waals surface area contributed by atoms with E-state index in [-0.39, 0.29) is 27.6 Å². The molecule has 0 atom stereocenters. The molecule has 1 aromatic heterocycles. The summed E-state index contributed by atoms with van der Waals surface area (Å²) in [5.41, 5.74) is 6.12. The third-order valence-corrected chi connectivity index (χ3v) is 8.43. The zero-order chi connectivity index (χ0) is 28.8. The average molecular weight is 576 g/mol. The van der Waals surface area contributed by atoms with Gasteiger partial charge in [-0.2, -0.15) is 0 Å². The maximum atomic E-state index is 6.33. The fourth-order valence-corrected chi connectivity index (χ4v) is 6.02. The van der Waals surface area contributed by atoms with Crippen molar-refractivity contribution in [2.24, 2.45) is 0 Å². The smallest absolute Gasteiger partial charge is 0.154 e. The van der Waals surface area contributed by atoms with Gasteiger partial charge in [0.2, 0.25) is 0 Å². The zero-order valence-electron chi connectivity index (χ0n) is 25.1. The standard InChI is InChI=1S/C33H44Cl2O2S/c1-30(2,3)20-16-22(28(36-34)24(18-20)32(7,8)9)27(26-14-13-15-38-26)23-17-21(31(4,5)6)19-25(29(23)37-35)33(10,11)12/h13-19,27H,1-12H3. The van der Waals surface area contributed by atoms with E-state index in [2.05, 4.69) is 125 Å². The summed E-state index contributed by atoms with van der Waals surface area (Å²) in [6.07, 6.45) is 0. The summed E-state index contributed by atoms with van der Waals surface area (Å²) in [7, 11) is 0. The van der Waals surface area contributed by atoms with Gasteiger partial charge in [-0.05, 0) is 44.2 Å². The Hall–Kier alpha value is -1.68. The van der Waals surface area contributed by atoms with Crippen molar-refractivity contribution in [2.45, 2.75) is 111 Å². The largest absolute Gasteiger partial charge is 0.385 e. The van der Waals surface area contributed by atoms with Crippen LogP contribution in [0.25, 0.3) is 0 Å². The normalized spacial score (nSPS) is 13.2. The molecule has 3 aromatic rings. The van der Waals surface area contributed by atoms with Crippen LogP contribution in [0.4, 0.5) is 0 Å². The van der Waals surface area contributed by atoms with Gasteiger partial charge in [-0.25, -0.2) is 0 Å². The Kier molecular flexibility index (Phi) is 8.70. The molecule has 0 spiro atoms. The second-order valence-corrected chi connectivity index (χ2v) is 15.8. The topological polar surface area (TPSA) is 18.5 Å². The van der Waals surface area contributed by atoms with Gasteiger partial charge in [0.25, 0.3) is 0 Å². The fraction of sp³-hybridized carbons (Fsp3) is 0.515. The maximum Gasteiger partial charge on any atom is 0.154 e. The second kappa shape index (κ2) is 10.7. The summed E-state index contributed by atoms with van der Waals surface area (Å²) in [4.78, 5) is 1.17. The molecule has 0 fully saturated rings. The first-order valence-corrected chi connectivity index (χ1v) is 14.8. The highest BCUT2D eigenvalue weighted by Crippen LogP contribution is 2.51. The van der Waals surface area contributed by atoms with E-state index in [1.165, 1.54) is 16.0 Å². The molecule has 0 aliphatic carbocycles. The Morgan fingerprint density at radius 3 is 1.26 bits per heavy atom. The van der Waals surface area contributed by atoms with Crippen molar-refractivity contribution in [1.29, 1.82) is 0 Å². The predicted octanol–water partition coefficient (Wildman–Crippen LogP) is 11.2. The Morgan fingerprint density at radius 1 is 0.605 bits per heavy atom. The van der Waals surface area contributed by atoms with Crippen LogP contribution in [0.1, 0.15) is 127 Å². The number of hydrogen-bond acceptors (Lipinski definition) is 3. The molecule has 1 heterocycles. The molecule has 2 aromatic carbocycles. The molecule has 0 N–H and O–H groups in total. The summed E-state index contributed by atoms with van der Waals surface area (Å²) >= 11 is 14.4. The van der Waals surface area contributed by atoms with Crippen LogP contribution in [0.3, 0.4) is 0 Å². The average Bonchev–Trinajstić information content (AvgIpc) is 3.30. The van der Waals surface area contributed by atoms with Gasteiger partial charge in [-0.3, -0.25) is 0 Å². The molecule has 5 heteroatoms. The van der Waals surface area contributed by atoms with Gasteiger partial charge >= 0.3 is 0 Å². The highest BCUT2D eigenvalue weighted by Gasteiger charge is 2.35. The molecule has 0 saturated carbocycles. The number of rotatable bonds is 5. The van der Waals surface area contributed by atoms with Crippen LogP contribution in [0.2, 0.25) is 0 Å². The molecule has 2 nitrogen and oxygen atoms in total. The van der Waals surface area contributed by atoms with Crippen LogP contribution < -0.4 is 8.58 Å². The van der Waals surface area contributed by atoms with Crippen LogP contribution in [0, 0.1) is 0 Å². The number of thiophene rings is 1. The van der Waals surface area contributed by atoms with Crippen LogP contribution >= 0.6 is 35.1 Å². The van der Waals surface area contributed by atoms with E-state index in [0.717, 1.165) is 22.3 Å². The third-order valence-electron chi connectivity index (χ3n) is 7.19. The lowest BCUT2D eigenvalue weighted by atomic mass is 9.73. The second-order valence-electron chi connectivity index (χ2n) is 14.5. The summed E-state index contributed by atoms with van der Waals surface area (Å²) in [5.74, 6) is 1.21. The third kappa shape index (κ3) is 6.37. The number of halogens is 2. The van der Waals surface area contributed by atoms with E-state index < -0.39 is 0 Å². The van der Waals surface area contributed by atoms with E-state index in [1.54, 1.807) is 11.3 Å². The van der Waals surface area contributed by atoms with Crippen molar-refractivity contribution in [3.8, 4) is 11.5 Å². The SMILES string of the molecule is CC(C)(C)c1cc(C(c2cccs2)c2cc(C(C)(C)C)cc(C(C)(C)C)c2OCl)c(OCl)c(C(C)(C)C)c1. The molecule has 38 heavy (non-hydrogen) atoms. The number of hydrogen-bond donors (Lipinski definition) is 0. The first kappa shape index (κ1) is 30.9. The fourth-order valence-electron chi connectivity index (χ4n) is 4.81. The zero-order valence-corrected chi connectivity index (χ0v) is 27.4. The molecule has 0 saturated heterocycles. The quantitative estimate of drug-likeness (QED) is 0.301. The van der Waals surface area contributed by atoms with E-state index in [0.29, 0.717) is 11.5 Å². The molecule has 3 rings (SSSR count). The maximum absolute atomic E-state index is 6.33. The van der Waals surface area contributed by atoms with E-state index in [9.17, 15) is 0 Å². The van der Waals surface area contributed by atoms with Crippen LogP contribution in [0.15, 0.2) is 41.8 Å². The summed E-state index contributed by atoms with van der Waals surface area (Å²) in [6, 6.07) is 13.3. The lowest BCUT2D eigenvalue weighted by Gasteiger charge is -2.33. The highest BCUT2D eigenvalue weighted by molar-refractivity contribution is 7.10. The van der Waals surface area contributed by atoms with E-state index in [1.807, 2.05) is 0 Å². The van der Waals surface area contributed by atoms with Gasteiger partial charge < -0.3 is 8.58 Å². The van der Waals surface area contributed by atoms with Crippen molar-refractivity contribution in [2.75, 3.05) is 0 Å². The van der Waals surface area contributed by atoms with Crippen molar-refractivity contribution in [3.63, 3.8) is 0 Å². The van der Waals surface area contributed by atoms with Gasteiger partial charge in [0.1, 0.15) is 23.7 Å². The molecular weight excluding hydrogens is 531 g/mol. The molecule has 0 amide bonds. The summed E-state index contributed by atoms with van der Waals surface area (Å²) in [6.45, 7) is 26.6. The van der Waals surface area contributed by atoms with Gasteiger partial charge in [0.15, 0.2) is 11.5 Å². The van der Waals surface area contributed by atoms with E-state index in [4.69, 9.17) is 32.3 Å². The Labute approximate surface area is 245 Å². The predicted molar refractivity (Wildman–Crippen MR) is 166 cm³/mol. The van der Waals surface area contributed by atoms with Crippen LogP contribution in [-0.4, -0.2) is 0 Å². The Morgan fingerprint density at radius 2 is 1.00 bits per heavy atom. The minimum absolute atomic E-state index is 0.0742. The monoisotopic (exact) mass is 574 g/mol. The summed E-state index contributed by atoms with van der Waals surface area (Å²) < 4.78 is 11.5. The number of benzene rings is 2. The van der Waals surface area contributed by atoms with Gasteiger partial charge in [-0.1, -0.05) is 113 Å². The lowest BCUT2D eigenvalue weighted by molar-refractivity contribution is 0.514. The van der Waals surface area contributed by atoms with Crippen molar-refractivity contribution >= 4 is 35.1 Å². The molecule has 0 aliphatic heterocycles. The minimum atomic E-state index is -0.190. The van der Waals surface area contributed by atoms with E-state index >= 15 is 0 Å². The summed E-state index contributed by atoms with van der Waals surface area (Å²) in [5, 5.41) is 2.11. The molecule has 0 aliphatic rings. The molecule has 0 bridgehead atoms. The van der Waals surface area contributed by atoms with Crippen molar-refractivity contribution in [3.05, 3.63) is 80.0 Å². The van der Waals surface area contributed by atoms with Crippen LogP contribution in [0.5, 0.6) is 11.5 Å². The van der Waals surface area contributed by atoms with Crippen LogP contribution in [-0.2, 0) is 21.7 Å². The first-order chi connectivity index (χ1) is 17.3. The lowest BCUT2D eigenvalue weighted by Crippen LogP contribution is -2.21. The molecule has 0 radical (unpaired) electrons. The van der Waals surface area contributed by atoms with Gasteiger partial charge in [0.05, 0.1) is 5.92 Å². The molecule has 0 unspecified atom stereocenters. The van der Waals surface area contributed by atoms with Gasteiger partial charge in [0, 0.05) is 27.1 Å². The Balaban J connectivity index is 2.58. The van der Waals surface area contributed by atoms with Crippen molar-refractivity contribution < 1.29 is 8.58 Å². The molecular formula is C33H44Cl2O2S. The highest BCUT2D eigenvalue weighted by atomic mass is 35.5. The Bertz CT molecular complexity index is 1180.